The van der Waals surface area contributed by atoms with Crippen molar-refractivity contribution in [3.63, 3.8) is 0 Å². The molecule has 0 saturated carbocycles. The van der Waals surface area contributed by atoms with Gasteiger partial charge < -0.3 is 4.74 Å². The Balaban J connectivity index is 2.16. The molecule has 1 amide bonds. The number of rotatable bonds is 6. The SMILES string of the molecule is O=C(CC[C@@H]1CCOC1)NS(=O)(=O)c1cc(Br)c(F)cc1[N+](=O)[O-]. The highest BCUT2D eigenvalue weighted by molar-refractivity contribution is 9.10. The van der Waals surface area contributed by atoms with Crippen LogP contribution in [0.1, 0.15) is 19.3 Å². The van der Waals surface area contributed by atoms with Crippen molar-refractivity contribution in [1.29, 1.82) is 0 Å². The molecule has 1 aliphatic rings. The number of nitrogens with one attached hydrogen (secondary N) is 1. The summed E-state index contributed by atoms with van der Waals surface area (Å²) in [6, 6.07) is 1.24. The van der Waals surface area contributed by atoms with Gasteiger partial charge in [0, 0.05) is 19.6 Å². The third kappa shape index (κ3) is 4.48. The molecule has 1 aliphatic heterocycles. The first kappa shape index (κ1) is 18.7. The van der Waals surface area contributed by atoms with E-state index in [-0.39, 0.29) is 16.8 Å². The van der Waals surface area contributed by atoms with Gasteiger partial charge in [-0.3, -0.25) is 14.9 Å². The number of sulfonamides is 1. The average molecular weight is 425 g/mol. The minimum atomic E-state index is -4.49. The van der Waals surface area contributed by atoms with Gasteiger partial charge >= 0.3 is 0 Å². The van der Waals surface area contributed by atoms with E-state index in [2.05, 4.69) is 15.9 Å². The first-order valence-corrected chi connectivity index (χ1v) is 9.25. The molecule has 132 valence electrons. The summed E-state index contributed by atoms with van der Waals surface area (Å²) in [6.45, 7) is 1.14. The topological polar surface area (TPSA) is 116 Å². The van der Waals surface area contributed by atoms with Gasteiger partial charge in [-0.25, -0.2) is 17.5 Å². The maximum absolute atomic E-state index is 13.4. The zero-order valence-electron chi connectivity index (χ0n) is 12.3. The van der Waals surface area contributed by atoms with Crippen molar-refractivity contribution in [3.05, 3.63) is 32.5 Å². The molecular weight excluding hydrogens is 411 g/mol. The monoisotopic (exact) mass is 424 g/mol. The zero-order chi connectivity index (χ0) is 17.9. The average Bonchev–Trinajstić information content (AvgIpc) is 3.00. The van der Waals surface area contributed by atoms with Crippen molar-refractivity contribution in [2.75, 3.05) is 13.2 Å². The number of carbonyl (C=O) groups is 1. The number of benzene rings is 1. The molecule has 1 aromatic carbocycles. The molecule has 1 heterocycles. The molecule has 11 heteroatoms. The maximum Gasteiger partial charge on any atom is 0.292 e. The van der Waals surface area contributed by atoms with Gasteiger partial charge in [-0.05, 0) is 40.8 Å². The summed E-state index contributed by atoms with van der Waals surface area (Å²) >= 11 is 2.77. The fourth-order valence-electron chi connectivity index (χ4n) is 2.28. The lowest BCUT2D eigenvalue weighted by Gasteiger charge is -2.10. The van der Waals surface area contributed by atoms with Crippen LogP contribution in [0, 0.1) is 21.8 Å². The molecule has 1 atom stereocenters. The highest BCUT2D eigenvalue weighted by Crippen LogP contribution is 2.29. The zero-order valence-corrected chi connectivity index (χ0v) is 14.7. The van der Waals surface area contributed by atoms with Gasteiger partial charge in [-0.15, -0.1) is 0 Å². The Labute approximate surface area is 145 Å². The van der Waals surface area contributed by atoms with Gasteiger partial charge in [0.2, 0.25) is 5.91 Å². The van der Waals surface area contributed by atoms with E-state index >= 15 is 0 Å². The molecule has 0 aliphatic carbocycles. The molecule has 1 N–H and O–H groups in total. The maximum atomic E-state index is 13.4. The van der Waals surface area contributed by atoms with Crippen LogP contribution in [-0.2, 0) is 19.6 Å². The fourth-order valence-corrected chi connectivity index (χ4v) is 3.97. The Morgan fingerprint density at radius 3 is 2.79 bits per heavy atom. The minimum Gasteiger partial charge on any atom is -0.381 e. The molecule has 1 fully saturated rings. The molecule has 24 heavy (non-hydrogen) atoms. The normalized spacial score (nSPS) is 17.7. The van der Waals surface area contributed by atoms with Crippen molar-refractivity contribution in [2.45, 2.75) is 24.2 Å². The molecule has 0 spiro atoms. The highest BCUT2D eigenvalue weighted by atomic mass is 79.9. The predicted octanol–water partition coefficient (Wildman–Crippen LogP) is 2.12. The van der Waals surface area contributed by atoms with E-state index < -0.39 is 37.3 Å². The first-order chi connectivity index (χ1) is 11.2. The number of nitro benzene ring substituents is 1. The first-order valence-electron chi connectivity index (χ1n) is 6.97. The molecular formula is C13H14BrFN2O6S. The lowest BCUT2D eigenvalue weighted by atomic mass is 10.0. The second-order valence-corrected chi connectivity index (χ2v) is 7.79. The van der Waals surface area contributed by atoms with Gasteiger partial charge in [0.05, 0.1) is 15.5 Å². The van der Waals surface area contributed by atoms with Gasteiger partial charge in [0.1, 0.15) is 5.82 Å². The van der Waals surface area contributed by atoms with Crippen molar-refractivity contribution < 1.29 is 27.3 Å². The molecule has 8 nitrogen and oxygen atoms in total. The standard InChI is InChI=1S/C13H14BrFN2O6S/c14-9-5-12(11(17(19)20)6-10(9)15)24(21,22)16-13(18)2-1-8-3-4-23-7-8/h5-6,8H,1-4,7H2,(H,16,18)/t8-/m1/s1. The van der Waals surface area contributed by atoms with E-state index in [1.165, 1.54) is 0 Å². The summed E-state index contributed by atoms with van der Waals surface area (Å²) in [4.78, 5) is 21.0. The number of ether oxygens (including phenoxy) is 1. The van der Waals surface area contributed by atoms with Crippen molar-refractivity contribution in [2.24, 2.45) is 5.92 Å². The Kier molecular flexibility index (Phi) is 5.88. The van der Waals surface area contributed by atoms with Gasteiger partial charge in [-0.2, -0.15) is 0 Å². The van der Waals surface area contributed by atoms with Crippen LogP contribution < -0.4 is 4.72 Å². The van der Waals surface area contributed by atoms with Gasteiger partial charge in [0.25, 0.3) is 15.7 Å². The third-order valence-electron chi connectivity index (χ3n) is 3.54. The smallest absolute Gasteiger partial charge is 0.292 e. The fraction of sp³-hybridized carbons (Fsp3) is 0.462. The lowest BCUT2D eigenvalue weighted by Crippen LogP contribution is -2.31. The largest absolute Gasteiger partial charge is 0.381 e. The summed E-state index contributed by atoms with van der Waals surface area (Å²) < 4.78 is 44.5. The van der Waals surface area contributed by atoms with Crippen LogP contribution in [0.25, 0.3) is 0 Å². The second kappa shape index (κ2) is 7.53. The van der Waals surface area contributed by atoms with Crippen LogP contribution in [0.15, 0.2) is 21.5 Å². The van der Waals surface area contributed by atoms with Crippen LogP contribution in [0.3, 0.4) is 0 Å². The predicted molar refractivity (Wildman–Crippen MR) is 84.2 cm³/mol. The number of nitrogens with zero attached hydrogens (tertiary/aromatic N) is 1. The Hall–Kier alpha value is -1.59. The van der Waals surface area contributed by atoms with E-state index in [0.717, 1.165) is 12.5 Å². The van der Waals surface area contributed by atoms with E-state index in [4.69, 9.17) is 4.74 Å². The summed E-state index contributed by atoms with van der Waals surface area (Å²) in [5, 5.41) is 10.9. The molecule has 1 saturated heterocycles. The molecule has 2 rings (SSSR count). The Morgan fingerprint density at radius 2 is 2.21 bits per heavy atom. The minimum absolute atomic E-state index is 0.0522. The van der Waals surface area contributed by atoms with E-state index in [0.29, 0.717) is 25.7 Å². The van der Waals surface area contributed by atoms with Crippen LogP contribution in [0.2, 0.25) is 0 Å². The summed E-state index contributed by atoms with van der Waals surface area (Å²) in [7, 11) is -4.49. The second-order valence-electron chi connectivity index (χ2n) is 5.29. The number of halogens is 2. The molecule has 0 bridgehead atoms. The Morgan fingerprint density at radius 1 is 1.50 bits per heavy atom. The number of nitro groups is 1. The number of amides is 1. The van der Waals surface area contributed by atoms with Crippen LogP contribution in [-0.4, -0.2) is 32.5 Å². The van der Waals surface area contributed by atoms with E-state index in [1.54, 1.807) is 4.72 Å². The van der Waals surface area contributed by atoms with Crippen LogP contribution in [0.5, 0.6) is 0 Å². The summed E-state index contributed by atoms with van der Waals surface area (Å²) in [5.74, 6) is -1.57. The summed E-state index contributed by atoms with van der Waals surface area (Å²) in [5.41, 5.74) is -0.944. The van der Waals surface area contributed by atoms with Crippen molar-refractivity contribution >= 4 is 37.5 Å². The Bertz CT molecular complexity index is 764. The van der Waals surface area contributed by atoms with E-state index in [9.17, 15) is 27.7 Å². The van der Waals surface area contributed by atoms with E-state index in [1.807, 2.05) is 0 Å². The van der Waals surface area contributed by atoms with Gasteiger partial charge in [0.15, 0.2) is 4.90 Å². The number of hydrogen-bond donors (Lipinski definition) is 1. The summed E-state index contributed by atoms with van der Waals surface area (Å²) in [6.07, 6.45) is 1.20. The van der Waals surface area contributed by atoms with Gasteiger partial charge in [-0.1, -0.05) is 0 Å². The quantitative estimate of drug-likeness (QED) is 0.552. The van der Waals surface area contributed by atoms with Crippen LogP contribution >= 0.6 is 15.9 Å². The lowest BCUT2D eigenvalue weighted by molar-refractivity contribution is -0.388. The van der Waals surface area contributed by atoms with Crippen molar-refractivity contribution in [1.82, 2.24) is 4.72 Å². The third-order valence-corrected chi connectivity index (χ3v) is 5.55. The van der Waals surface area contributed by atoms with Crippen LogP contribution in [0.4, 0.5) is 10.1 Å². The highest BCUT2D eigenvalue weighted by Gasteiger charge is 2.29. The molecule has 0 radical (unpaired) electrons. The number of hydrogen-bond acceptors (Lipinski definition) is 6. The molecule has 1 aromatic rings. The van der Waals surface area contributed by atoms with Crippen molar-refractivity contribution in [3.8, 4) is 0 Å². The number of carbonyl (C=O) groups excluding carboxylic acids is 1. The molecule has 0 unspecified atom stereocenters. The molecule has 0 aromatic heterocycles.